The molecule has 72 heavy (non-hydrogen) atoms. The topological polar surface area (TPSA) is 159 Å². The first-order valence-corrected chi connectivity index (χ1v) is 27.5. The monoisotopic (exact) mass is 1100 g/mol. The van der Waals surface area contributed by atoms with Gasteiger partial charge in [-0.3, -0.25) is 18.8 Å². The Balaban J connectivity index is 0.000000235. The number of aromatic nitrogens is 6. The van der Waals surface area contributed by atoms with Crippen LogP contribution in [-0.2, 0) is 35.4 Å². The molecule has 3 aromatic rings. The van der Waals surface area contributed by atoms with Gasteiger partial charge in [-0.05, 0) is 119 Å². The largest absolute Gasteiger partial charge is 0.444 e. The molecule has 0 bridgehead atoms. The molecule has 0 spiro atoms. The Kier molecular flexibility index (Phi) is 22.9. The lowest BCUT2D eigenvalue weighted by Crippen LogP contribution is -2.42. The van der Waals surface area contributed by atoms with Crippen LogP contribution in [0.25, 0.3) is 0 Å². The van der Waals surface area contributed by atoms with E-state index < -0.39 is 29.7 Å². The van der Waals surface area contributed by atoms with E-state index >= 15 is 0 Å². The maximum absolute atomic E-state index is 13.1. The van der Waals surface area contributed by atoms with Gasteiger partial charge in [-0.1, -0.05) is 11.6 Å². The van der Waals surface area contributed by atoms with Crippen molar-refractivity contribution in [2.75, 3.05) is 56.5 Å². The van der Waals surface area contributed by atoms with Gasteiger partial charge in [-0.15, -0.1) is 35.3 Å². The summed E-state index contributed by atoms with van der Waals surface area (Å²) < 4.78 is 72.5. The van der Waals surface area contributed by atoms with Crippen LogP contribution in [-0.4, -0.2) is 142 Å². The molecular formula is C48H74ClF4N9O7S3. The average Bonchev–Trinajstić information content (AvgIpc) is 3.95. The molecule has 406 valence electrons. The molecule has 0 aromatic carbocycles. The van der Waals surface area contributed by atoms with Crippen molar-refractivity contribution in [3.63, 3.8) is 0 Å². The van der Waals surface area contributed by atoms with Gasteiger partial charge in [0, 0.05) is 90.1 Å². The van der Waals surface area contributed by atoms with E-state index in [0.717, 1.165) is 74.3 Å². The highest BCUT2D eigenvalue weighted by Crippen LogP contribution is 2.38. The summed E-state index contributed by atoms with van der Waals surface area (Å²) in [6.45, 7) is 20.7. The molecule has 6 rings (SSSR count). The number of halogens is 5. The van der Waals surface area contributed by atoms with Crippen molar-refractivity contribution in [2.24, 2.45) is 38.9 Å². The average molecular weight is 1100 g/mol. The molecule has 24 heteroatoms. The second kappa shape index (κ2) is 27.1. The molecule has 0 unspecified atom stereocenters. The van der Waals surface area contributed by atoms with Crippen LogP contribution in [0.3, 0.4) is 0 Å². The molecule has 0 aliphatic carbocycles. The fourth-order valence-electron chi connectivity index (χ4n) is 7.65. The lowest BCUT2D eigenvalue weighted by molar-refractivity contribution is 0.0180. The second-order valence-electron chi connectivity index (χ2n) is 21.1. The van der Waals surface area contributed by atoms with Crippen LogP contribution in [0.1, 0.15) is 136 Å². The third kappa shape index (κ3) is 20.1. The minimum absolute atomic E-state index is 0.145. The van der Waals surface area contributed by atoms with Gasteiger partial charge in [-0.25, -0.2) is 31.9 Å². The van der Waals surface area contributed by atoms with Gasteiger partial charge in [0.2, 0.25) is 0 Å². The van der Waals surface area contributed by atoms with Crippen LogP contribution < -0.4 is 0 Å². The summed E-state index contributed by atoms with van der Waals surface area (Å²) in [5.41, 5.74) is -1.35. The number of aldehydes is 1. The summed E-state index contributed by atoms with van der Waals surface area (Å²) in [6.07, 6.45) is 3.59. The van der Waals surface area contributed by atoms with Crippen LogP contribution in [0.2, 0.25) is 5.15 Å². The van der Waals surface area contributed by atoms with E-state index in [1.165, 1.54) is 32.9 Å². The number of hydrogen-bond donors (Lipinski definition) is 0. The van der Waals surface area contributed by atoms with Crippen LogP contribution in [0, 0.1) is 17.8 Å². The number of amides is 3. The number of hydrogen-bond acceptors (Lipinski definition) is 13. The maximum Gasteiger partial charge on any atom is 0.410 e. The number of aryl methyl sites for hydroxylation is 3. The third-order valence-electron chi connectivity index (χ3n) is 11.3. The molecule has 3 amide bonds. The van der Waals surface area contributed by atoms with Crippen molar-refractivity contribution in [1.82, 2.24) is 44.0 Å². The Bertz CT molecular complexity index is 2220. The summed E-state index contributed by atoms with van der Waals surface area (Å²) in [7, 11) is 5.02. The highest BCUT2D eigenvalue weighted by Gasteiger charge is 2.31. The van der Waals surface area contributed by atoms with Crippen LogP contribution in [0.15, 0.2) is 27.1 Å². The number of rotatable bonds is 12. The molecule has 16 nitrogen and oxygen atoms in total. The quantitative estimate of drug-likeness (QED) is 0.0730. The zero-order chi connectivity index (χ0) is 53.7. The maximum atomic E-state index is 13.1. The number of ether oxygens (including phenoxy) is 3. The van der Waals surface area contributed by atoms with Crippen molar-refractivity contribution >= 4 is 71.5 Å². The fraction of sp³-hybridized carbons (Fsp3) is 0.729. The molecule has 3 saturated heterocycles. The van der Waals surface area contributed by atoms with Gasteiger partial charge in [0.25, 0.3) is 12.9 Å². The number of piperidine rings is 3. The van der Waals surface area contributed by atoms with Crippen molar-refractivity contribution in [3.05, 3.63) is 34.6 Å². The summed E-state index contributed by atoms with van der Waals surface area (Å²) >= 11 is 10.5. The number of nitrogens with zero attached hydrogens (tertiary/aromatic N) is 9. The fourth-order valence-corrected chi connectivity index (χ4v) is 11.7. The van der Waals surface area contributed by atoms with E-state index in [1.54, 1.807) is 51.4 Å². The zero-order valence-electron chi connectivity index (χ0n) is 43.7. The number of carbonyl (C=O) groups excluding carboxylic acids is 4. The minimum atomic E-state index is -2.64. The van der Waals surface area contributed by atoms with Crippen LogP contribution >= 0.6 is 46.9 Å². The predicted molar refractivity (Wildman–Crippen MR) is 274 cm³/mol. The molecule has 3 aliphatic heterocycles. The molecule has 0 atom stereocenters. The van der Waals surface area contributed by atoms with Crippen LogP contribution in [0.5, 0.6) is 0 Å². The predicted octanol–water partition coefficient (Wildman–Crippen LogP) is 11.8. The van der Waals surface area contributed by atoms with Gasteiger partial charge in [0.1, 0.15) is 39.0 Å². The summed E-state index contributed by atoms with van der Waals surface area (Å²) in [6, 6.07) is 0. The van der Waals surface area contributed by atoms with Crippen molar-refractivity contribution in [3.8, 4) is 0 Å². The first-order chi connectivity index (χ1) is 33.5. The van der Waals surface area contributed by atoms with E-state index in [9.17, 15) is 36.7 Å². The molecule has 3 aliphatic rings. The Morgan fingerprint density at radius 3 is 1.31 bits per heavy atom. The Morgan fingerprint density at radius 1 is 0.597 bits per heavy atom. The Morgan fingerprint density at radius 2 is 0.944 bits per heavy atom. The van der Waals surface area contributed by atoms with E-state index in [-0.39, 0.29) is 34.8 Å². The van der Waals surface area contributed by atoms with E-state index in [4.69, 9.17) is 25.8 Å². The van der Waals surface area contributed by atoms with E-state index in [0.29, 0.717) is 65.2 Å². The minimum Gasteiger partial charge on any atom is -0.444 e. The van der Waals surface area contributed by atoms with Gasteiger partial charge in [0.05, 0.1) is 14.7 Å². The number of carbonyl (C=O) groups is 4. The first-order valence-electron chi connectivity index (χ1n) is 24.2. The smallest absolute Gasteiger partial charge is 0.410 e. The van der Waals surface area contributed by atoms with Crippen LogP contribution in [0.4, 0.5) is 31.9 Å². The molecule has 0 N–H and O–H groups in total. The van der Waals surface area contributed by atoms with Gasteiger partial charge >= 0.3 is 18.3 Å². The third-order valence-corrected chi connectivity index (χ3v) is 15.7. The lowest BCUT2D eigenvalue weighted by atomic mass is 9.99. The number of likely N-dealkylation sites (tertiary alicyclic amines) is 3. The van der Waals surface area contributed by atoms with Crippen molar-refractivity contribution in [2.45, 2.75) is 145 Å². The molecular weight excluding hydrogens is 1020 g/mol. The second-order valence-corrected chi connectivity index (χ2v) is 24.6. The van der Waals surface area contributed by atoms with Gasteiger partial charge in [-0.2, -0.15) is 15.3 Å². The van der Waals surface area contributed by atoms with Crippen molar-refractivity contribution < 1.29 is 51.0 Å². The Labute approximate surface area is 439 Å². The number of thioether (sulfide) groups is 3. The zero-order valence-corrected chi connectivity index (χ0v) is 46.9. The molecule has 0 radical (unpaired) electrons. The first kappa shape index (κ1) is 60.7. The van der Waals surface area contributed by atoms with Gasteiger partial charge in [0.15, 0.2) is 6.29 Å². The SMILES string of the molecule is Cn1cc(SCC2CCN(C(=O)OC(C)(C)C)CC2)c(C(F)F)n1.Cn1cc(SCC2CCN(C(=O)OC(C)(C)C)CC2)c(C=O)n1.Cn1nc(C(F)F)c(SCC2CCN(C(=O)OC(C)(C)C)CC2)c1Cl. The van der Waals surface area contributed by atoms with Crippen molar-refractivity contribution in [1.29, 1.82) is 0 Å². The van der Waals surface area contributed by atoms with E-state index in [2.05, 4.69) is 15.3 Å². The molecule has 3 aromatic heterocycles. The lowest BCUT2D eigenvalue weighted by Gasteiger charge is -2.33. The molecule has 3 fully saturated rings. The standard InChI is InChI=1S/C16H24ClF2N3O2S.C16H25F2N3O2S.C16H25N3O3S/c1-16(2,3)24-15(23)22-7-5-10(6-8-22)9-25-12-11(14(18)19)20-21(4)13(12)17;1-16(2,3)23-15(22)21-7-5-11(6-8-21)10-24-12-9-20(4)19-13(12)14(17)18;1-16(2,3)22-15(21)19-7-5-12(6-8-19)11-23-14-9-18(4)17-13(14)10-20/h10,14H,5-9H2,1-4H3;9,11,14H,5-8,10H2,1-4H3;9-10,12H,5-8,11H2,1-4H3. The highest BCUT2D eigenvalue weighted by atomic mass is 35.5. The summed E-state index contributed by atoms with van der Waals surface area (Å²) in [5, 5.41) is 12.0. The van der Waals surface area contributed by atoms with E-state index in [1.807, 2.05) is 75.6 Å². The molecule has 6 heterocycles. The highest BCUT2D eigenvalue weighted by molar-refractivity contribution is 7.99. The summed E-state index contributed by atoms with van der Waals surface area (Å²) in [4.78, 5) is 54.1. The Hall–Kier alpha value is -3.83. The number of alkyl halides is 4. The molecule has 0 saturated carbocycles. The van der Waals surface area contributed by atoms with Gasteiger partial charge < -0.3 is 28.9 Å². The normalized spacial score (nSPS) is 16.6. The summed E-state index contributed by atoms with van der Waals surface area (Å²) in [5.74, 6) is 3.65.